The number of rotatable bonds is 5. The topological polar surface area (TPSA) is 38.3 Å². The third kappa shape index (κ3) is 3.73. The van der Waals surface area contributed by atoms with Crippen LogP contribution in [0, 0.1) is 5.82 Å². The number of methoxy groups -OCH3 is 1. The Kier molecular flexibility index (Phi) is 5.17. The van der Waals surface area contributed by atoms with Crippen molar-refractivity contribution < 1.29 is 13.9 Å². The second kappa shape index (κ2) is 7.09. The maximum Gasteiger partial charge on any atom is 0.258 e. The van der Waals surface area contributed by atoms with Crippen LogP contribution >= 0.6 is 11.6 Å². The molecule has 0 fully saturated rings. The quantitative estimate of drug-likeness (QED) is 0.858. The average Bonchev–Trinajstić information content (AvgIpc) is 2.52. The highest BCUT2D eigenvalue weighted by Gasteiger charge is 2.18. The number of alkyl halides is 1. The SMILES string of the molecule is COc1cccc(F)c1C(=O)NCC(Cl)c1ccccc1. The Bertz CT molecular complexity index is 619. The van der Waals surface area contributed by atoms with E-state index in [0.29, 0.717) is 0 Å². The monoisotopic (exact) mass is 307 g/mol. The van der Waals surface area contributed by atoms with Gasteiger partial charge in [-0.15, -0.1) is 11.6 Å². The molecule has 0 saturated carbocycles. The van der Waals surface area contributed by atoms with Gasteiger partial charge in [0.2, 0.25) is 0 Å². The molecule has 2 aromatic carbocycles. The minimum atomic E-state index is -0.627. The van der Waals surface area contributed by atoms with E-state index in [1.165, 1.54) is 25.3 Å². The molecule has 21 heavy (non-hydrogen) atoms. The molecule has 1 atom stereocenters. The van der Waals surface area contributed by atoms with Crippen molar-refractivity contribution in [2.45, 2.75) is 5.38 Å². The first-order valence-electron chi connectivity index (χ1n) is 6.43. The highest BCUT2D eigenvalue weighted by molar-refractivity contribution is 6.21. The summed E-state index contributed by atoms with van der Waals surface area (Å²) < 4.78 is 18.8. The predicted octanol–water partition coefficient (Wildman–Crippen LogP) is 3.54. The highest BCUT2D eigenvalue weighted by Crippen LogP contribution is 2.22. The maximum atomic E-state index is 13.8. The number of carbonyl (C=O) groups excluding carboxylic acids is 1. The zero-order valence-corrected chi connectivity index (χ0v) is 12.2. The summed E-state index contributed by atoms with van der Waals surface area (Å²) in [7, 11) is 1.39. The summed E-state index contributed by atoms with van der Waals surface area (Å²) in [6, 6.07) is 13.6. The first kappa shape index (κ1) is 15.3. The van der Waals surface area contributed by atoms with E-state index >= 15 is 0 Å². The Labute approximate surface area is 127 Å². The molecule has 3 nitrogen and oxygen atoms in total. The van der Waals surface area contributed by atoms with E-state index in [9.17, 15) is 9.18 Å². The molecule has 1 unspecified atom stereocenters. The van der Waals surface area contributed by atoms with Crippen LogP contribution in [-0.2, 0) is 0 Å². The van der Waals surface area contributed by atoms with Gasteiger partial charge in [-0.3, -0.25) is 4.79 Å². The van der Waals surface area contributed by atoms with Crippen molar-refractivity contribution in [3.8, 4) is 5.75 Å². The molecule has 1 amide bonds. The molecule has 2 aromatic rings. The van der Waals surface area contributed by atoms with Gasteiger partial charge in [0.15, 0.2) is 0 Å². The standard InChI is InChI=1S/C16H15ClFNO2/c1-21-14-9-5-8-13(18)15(14)16(20)19-10-12(17)11-6-3-2-4-7-11/h2-9,12H,10H2,1H3,(H,19,20). The number of carbonyl (C=O) groups is 1. The molecular weight excluding hydrogens is 293 g/mol. The minimum absolute atomic E-state index is 0.114. The van der Waals surface area contributed by atoms with Crippen LogP contribution in [0.3, 0.4) is 0 Å². The van der Waals surface area contributed by atoms with Crippen LogP contribution < -0.4 is 10.1 Å². The lowest BCUT2D eigenvalue weighted by Crippen LogP contribution is -2.28. The molecule has 0 radical (unpaired) electrons. The van der Waals surface area contributed by atoms with Gasteiger partial charge in [0.25, 0.3) is 5.91 Å². The number of amides is 1. The van der Waals surface area contributed by atoms with E-state index in [2.05, 4.69) is 5.32 Å². The first-order valence-corrected chi connectivity index (χ1v) is 6.87. The van der Waals surface area contributed by atoms with Crippen molar-refractivity contribution in [2.24, 2.45) is 0 Å². The number of hydrogen-bond donors (Lipinski definition) is 1. The van der Waals surface area contributed by atoms with Crippen LogP contribution in [0.25, 0.3) is 0 Å². The Morgan fingerprint density at radius 2 is 1.95 bits per heavy atom. The molecule has 110 valence electrons. The van der Waals surface area contributed by atoms with Gasteiger partial charge in [0.05, 0.1) is 12.5 Å². The zero-order chi connectivity index (χ0) is 15.2. The molecule has 0 heterocycles. The van der Waals surface area contributed by atoms with Crippen molar-refractivity contribution >= 4 is 17.5 Å². The van der Waals surface area contributed by atoms with E-state index in [1.807, 2.05) is 30.3 Å². The lowest BCUT2D eigenvalue weighted by atomic mass is 10.1. The second-order valence-electron chi connectivity index (χ2n) is 4.41. The van der Waals surface area contributed by atoms with E-state index in [4.69, 9.17) is 16.3 Å². The van der Waals surface area contributed by atoms with Crippen LogP contribution in [0.15, 0.2) is 48.5 Å². The summed E-state index contributed by atoms with van der Waals surface area (Å²) in [6.07, 6.45) is 0. The van der Waals surface area contributed by atoms with Crippen molar-refractivity contribution in [3.05, 3.63) is 65.5 Å². The van der Waals surface area contributed by atoms with Gasteiger partial charge >= 0.3 is 0 Å². The molecule has 0 aliphatic rings. The fourth-order valence-electron chi connectivity index (χ4n) is 1.95. The largest absolute Gasteiger partial charge is 0.496 e. The molecule has 5 heteroatoms. The Hall–Kier alpha value is -2.07. The van der Waals surface area contributed by atoms with Gasteiger partial charge in [0, 0.05) is 6.54 Å². The third-order valence-electron chi connectivity index (χ3n) is 3.03. The second-order valence-corrected chi connectivity index (χ2v) is 4.93. The van der Waals surface area contributed by atoms with Crippen molar-refractivity contribution in [2.75, 3.05) is 13.7 Å². The van der Waals surface area contributed by atoms with Gasteiger partial charge in [-0.05, 0) is 17.7 Å². The molecule has 0 aromatic heterocycles. The number of benzene rings is 2. The van der Waals surface area contributed by atoms with E-state index in [-0.39, 0.29) is 23.2 Å². The van der Waals surface area contributed by atoms with Crippen LogP contribution in [0.2, 0.25) is 0 Å². The molecule has 0 aliphatic heterocycles. The molecular formula is C16H15ClFNO2. The summed E-state index contributed by atoms with van der Waals surface area (Å²) in [4.78, 5) is 12.1. The number of nitrogens with one attached hydrogen (secondary N) is 1. The van der Waals surface area contributed by atoms with E-state index < -0.39 is 11.7 Å². The van der Waals surface area contributed by atoms with Crippen LogP contribution in [0.5, 0.6) is 5.75 Å². The lowest BCUT2D eigenvalue weighted by Gasteiger charge is -2.13. The molecule has 2 rings (SSSR count). The van der Waals surface area contributed by atoms with Crippen LogP contribution in [-0.4, -0.2) is 19.6 Å². The fourth-order valence-corrected chi connectivity index (χ4v) is 2.17. The van der Waals surface area contributed by atoms with Crippen LogP contribution in [0.4, 0.5) is 4.39 Å². The summed E-state index contributed by atoms with van der Waals surface area (Å²) in [6.45, 7) is 0.196. The first-order chi connectivity index (χ1) is 10.1. The number of ether oxygens (including phenoxy) is 1. The molecule has 0 saturated heterocycles. The van der Waals surface area contributed by atoms with Gasteiger partial charge in [-0.2, -0.15) is 0 Å². The predicted molar refractivity (Wildman–Crippen MR) is 80.3 cm³/mol. The summed E-state index contributed by atoms with van der Waals surface area (Å²) in [5.74, 6) is -0.984. The molecule has 0 bridgehead atoms. The molecule has 0 spiro atoms. The summed E-state index contributed by atoms with van der Waals surface area (Å²) in [5, 5.41) is 2.24. The lowest BCUT2D eigenvalue weighted by molar-refractivity contribution is 0.0946. The van der Waals surface area contributed by atoms with Crippen molar-refractivity contribution in [3.63, 3.8) is 0 Å². The van der Waals surface area contributed by atoms with Gasteiger partial charge in [-0.25, -0.2) is 4.39 Å². The van der Waals surface area contributed by atoms with E-state index in [0.717, 1.165) is 5.56 Å². The van der Waals surface area contributed by atoms with Gasteiger partial charge in [0.1, 0.15) is 17.1 Å². The van der Waals surface area contributed by atoms with Crippen molar-refractivity contribution in [1.82, 2.24) is 5.32 Å². The van der Waals surface area contributed by atoms with Gasteiger partial charge < -0.3 is 10.1 Å². The Morgan fingerprint density at radius 1 is 1.24 bits per heavy atom. The fraction of sp³-hybridized carbons (Fsp3) is 0.188. The summed E-state index contributed by atoms with van der Waals surface area (Å²) in [5.41, 5.74) is 0.775. The number of hydrogen-bond acceptors (Lipinski definition) is 2. The summed E-state index contributed by atoms with van der Waals surface area (Å²) >= 11 is 6.21. The van der Waals surface area contributed by atoms with Crippen LogP contribution in [0.1, 0.15) is 21.3 Å². The third-order valence-corrected chi connectivity index (χ3v) is 3.43. The normalized spacial score (nSPS) is 11.8. The van der Waals surface area contributed by atoms with E-state index in [1.54, 1.807) is 0 Å². The van der Waals surface area contributed by atoms with Crippen molar-refractivity contribution in [1.29, 1.82) is 0 Å². The smallest absolute Gasteiger partial charge is 0.258 e. The minimum Gasteiger partial charge on any atom is -0.496 e. The molecule has 0 aliphatic carbocycles. The number of halogens is 2. The maximum absolute atomic E-state index is 13.8. The highest BCUT2D eigenvalue weighted by atomic mass is 35.5. The zero-order valence-electron chi connectivity index (χ0n) is 11.5. The Balaban J connectivity index is 2.06. The molecule has 1 N–H and O–H groups in total. The average molecular weight is 308 g/mol. The van der Waals surface area contributed by atoms with Gasteiger partial charge in [-0.1, -0.05) is 36.4 Å². The Morgan fingerprint density at radius 3 is 2.62 bits per heavy atom.